The second-order valence-corrected chi connectivity index (χ2v) is 5.05. The Kier molecular flexibility index (Phi) is 7.61. The molecule has 0 saturated heterocycles. The summed E-state index contributed by atoms with van der Waals surface area (Å²) in [7, 11) is 0. The van der Waals surface area contributed by atoms with Gasteiger partial charge in [-0.15, -0.1) is 0 Å². The van der Waals surface area contributed by atoms with E-state index < -0.39 is 17.5 Å². The Morgan fingerprint density at radius 1 is 1.10 bits per heavy atom. The molecule has 1 rings (SSSR count). The topological polar surface area (TPSA) is 87.0 Å². The molecule has 0 fully saturated rings. The smallest absolute Gasteiger partial charge is 0.339 e. The fraction of sp³-hybridized carbons (Fsp3) is 0.562. The first-order valence-corrected chi connectivity index (χ1v) is 7.42. The Morgan fingerprint density at radius 2 is 1.81 bits per heavy atom. The van der Waals surface area contributed by atoms with Crippen LogP contribution in [0.2, 0.25) is 0 Å². The minimum Gasteiger partial charge on any atom is -0.504 e. The number of carbonyl (C=O) groups is 1. The average Bonchev–Trinajstić information content (AvgIpc) is 2.45. The zero-order valence-electron chi connectivity index (χ0n) is 12.5. The lowest BCUT2D eigenvalue weighted by Crippen LogP contribution is -2.03. The van der Waals surface area contributed by atoms with Gasteiger partial charge in [-0.05, 0) is 37.3 Å². The minimum atomic E-state index is -1.22. The van der Waals surface area contributed by atoms with Crippen LogP contribution in [0, 0.1) is 0 Å². The van der Waals surface area contributed by atoms with E-state index in [9.17, 15) is 15.0 Å². The lowest BCUT2D eigenvalue weighted by Gasteiger charge is -2.09. The Labute approximate surface area is 125 Å². The molecule has 5 heteroatoms. The number of carboxylic acid groups (broad SMARTS) is 1. The van der Waals surface area contributed by atoms with Crippen LogP contribution in [0.25, 0.3) is 0 Å². The molecular weight excluding hydrogens is 272 g/mol. The molecule has 5 nitrogen and oxygen atoms in total. The van der Waals surface area contributed by atoms with Crippen molar-refractivity contribution in [3.8, 4) is 11.5 Å². The number of benzene rings is 1. The van der Waals surface area contributed by atoms with E-state index in [1.165, 1.54) is 6.07 Å². The van der Waals surface area contributed by atoms with Crippen LogP contribution in [-0.2, 0) is 11.2 Å². The van der Waals surface area contributed by atoms with Crippen molar-refractivity contribution in [2.75, 3.05) is 13.2 Å². The van der Waals surface area contributed by atoms with Crippen LogP contribution < -0.4 is 0 Å². The van der Waals surface area contributed by atoms with Gasteiger partial charge in [-0.2, -0.15) is 0 Å². The van der Waals surface area contributed by atoms with Gasteiger partial charge >= 0.3 is 5.97 Å². The number of aryl methyl sites for hydroxylation is 1. The third-order valence-electron chi connectivity index (χ3n) is 3.33. The maximum absolute atomic E-state index is 11.1. The molecule has 0 atom stereocenters. The molecule has 0 aliphatic rings. The van der Waals surface area contributed by atoms with Gasteiger partial charge in [0.15, 0.2) is 11.5 Å². The molecule has 0 aliphatic carbocycles. The molecule has 21 heavy (non-hydrogen) atoms. The maximum atomic E-state index is 11.1. The number of aromatic hydroxyl groups is 2. The summed E-state index contributed by atoms with van der Waals surface area (Å²) in [6.45, 7) is 3.65. The highest BCUT2D eigenvalue weighted by Crippen LogP contribution is 2.32. The first kappa shape index (κ1) is 17.3. The van der Waals surface area contributed by atoms with Gasteiger partial charge in [0.2, 0.25) is 0 Å². The predicted molar refractivity (Wildman–Crippen MR) is 80.0 cm³/mol. The zero-order valence-corrected chi connectivity index (χ0v) is 12.5. The monoisotopic (exact) mass is 296 g/mol. The molecule has 0 spiro atoms. The zero-order chi connectivity index (χ0) is 15.7. The number of phenols is 2. The number of rotatable bonds is 10. The maximum Gasteiger partial charge on any atom is 0.339 e. The van der Waals surface area contributed by atoms with Crippen molar-refractivity contribution in [2.45, 2.75) is 45.4 Å². The molecular formula is C16H24O5. The standard InChI is InChI=1S/C16H24O5/c1-2-3-10-21-11-6-4-5-7-12-8-9-13(17)15(18)14(12)16(19)20/h8-9,17-18H,2-7,10-11H2,1H3,(H,19,20). The van der Waals surface area contributed by atoms with Gasteiger partial charge in [-0.3, -0.25) is 0 Å². The van der Waals surface area contributed by atoms with Gasteiger partial charge in [0.05, 0.1) is 0 Å². The number of hydrogen-bond acceptors (Lipinski definition) is 4. The molecule has 118 valence electrons. The van der Waals surface area contributed by atoms with Gasteiger partial charge in [-0.25, -0.2) is 4.79 Å². The van der Waals surface area contributed by atoms with Gasteiger partial charge in [0.25, 0.3) is 0 Å². The van der Waals surface area contributed by atoms with Crippen molar-refractivity contribution in [1.82, 2.24) is 0 Å². The van der Waals surface area contributed by atoms with Crippen LogP contribution in [0.3, 0.4) is 0 Å². The first-order valence-electron chi connectivity index (χ1n) is 7.42. The van der Waals surface area contributed by atoms with Gasteiger partial charge < -0.3 is 20.1 Å². The lowest BCUT2D eigenvalue weighted by molar-refractivity contribution is 0.0691. The highest BCUT2D eigenvalue weighted by Gasteiger charge is 2.18. The number of aromatic carboxylic acids is 1. The van der Waals surface area contributed by atoms with Gasteiger partial charge in [-0.1, -0.05) is 25.8 Å². The van der Waals surface area contributed by atoms with Crippen LogP contribution in [0.1, 0.15) is 54.9 Å². The van der Waals surface area contributed by atoms with Crippen molar-refractivity contribution >= 4 is 5.97 Å². The molecule has 3 N–H and O–H groups in total. The molecule has 0 aliphatic heterocycles. The van der Waals surface area contributed by atoms with E-state index in [2.05, 4.69) is 6.92 Å². The molecule has 0 saturated carbocycles. The Bertz CT molecular complexity index is 456. The summed E-state index contributed by atoms with van der Waals surface area (Å²) in [6, 6.07) is 2.88. The fourth-order valence-electron chi connectivity index (χ4n) is 2.11. The molecule has 0 heterocycles. The molecule has 0 radical (unpaired) electrons. The molecule has 0 bridgehead atoms. The highest BCUT2D eigenvalue weighted by molar-refractivity contribution is 5.93. The summed E-state index contributed by atoms with van der Waals surface area (Å²) in [5, 5.41) is 28.1. The van der Waals surface area contributed by atoms with Crippen molar-refractivity contribution < 1.29 is 24.9 Å². The second-order valence-electron chi connectivity index (χ2n) is 5.05. The van der Waals surface area contributed by atoms with Crippen LogP contribution in [0.15, 0.2) is 12.1 Å². The molecule has 1 aromatic rings. The lowest BCUT2D eigenvalue weighted by atomic mass is 10.00. The van der Waals surface area contributed by atoms with Crippen molar-refractivity contribution in [3.63, 3.8) is 0 Å². The summed E-state index contributed by atoms with van der Waals surface area (Å²) in [5.74, 6) is -2.18. The number of hydrogen-bond donors (Lipinski definition) is 3. The van der Waals surface area contributed by atoms with Crippen molar-refractivity contribution in [3.05, 3.63) is 23.3 Å². The number of carboxylic acids is 1. The third-order valence-corrected chi connectivity index (χ3v) is 3.33. The average molecular weight is 296 g/mol. The summed E-state index contributed by atoms with van der Waals surface area (Å²) in [4.78, 5) is 11.1. The fourth-order valence-corrected chi connectivity index (χ4v) is 2.11. The van der Waals surface area contributed by atoms with Crippen LogP contribution >= 0.6 is 0 Å². The Hall–Kier alpha value is -1.75. The van der Waals surface area contributed by atoms with E-state index in [4.69, 9.17) is 9.84 Å². The second kappa shape index (κ2) is 9.23. The number of phenolic OH excluding ortho intramolecular Hbond substituents is 1. The van der Waals surface area contributed by atoms with Crippen molar-refractivity contribution in [2.24, 2.45) is 0 Å². The highest BCUT2D eigenvalue weighted by atomic mass is 16.5. The van der Waals surface area contributed by atoms with E-state index in [0.717, 1.165) is 45.3 Å². The number of ether oxygens (including phenoxy) is 1. The quantitative estimate of drug-likeness (QED) is 0.455. The summed E-state index contributed by atoms with van der Waals surface area (Å²) in [5.41, 5.74) is 0.346. The van der Waals surface area contributed by atoms with Crippen molar-refractivity contribution in [1.29, 1.82) is 0 Å². The van der Waals surface area contributed by atoms with Gasteiger partial charge in [0, 0.05) is 13.2 Å². The van der Waals surface area contributed by atoms with Crippen LogP contribution in [-0.4, -0.2) is 34.5 Å². The minimum absolute atomic E-state index is 0.200. The molecule has 0 unspecified atom stereocenters. The Balaban J connectivity index is 2.39. The third kappa shape index (κ3) is 5.63. The summed E-state index contributed by atoms with van der Waals surface area (Å²) >= 11 is 0. The first-order chi connectivity index (χ1) is 10.1. The SMILES string of the molecule is CCCCOCCCCCc1ccc(O)c(O)c1C(=O)O. The van der Waals surface area contributed by atoms with E-state index in [1.54, 1.807) is 6.07 Å². The molecule has 1 aromatic carbocycles. The van der Waals surface area contributed by atoms with Crippen LogP contribution in [0.4, 0.5) is 0 Å². The number of unbranched alkanes of at least 4 members (excludes halogenated alkanes) is 3. The molecule has 0 amide bonds. The Morgan fingerprint density at radius 3 is 2.48 bits per heavy atom. The molecule has 0 aromatic heterocycles. The normalized spacial score (nSPS) is 10.7. The summed E-state index contributed by atoms with van der Waals surface area (Å²) in [6.07, 6.45) is 5.46. The van der Waals surface area contributed by atoms with Gasteiger partial charge in [0.1, 0.15) is 5.56 Å². The van der Waals surface area contributed by atoms with E-state index in [-0.39, 0.29) is 5.56 Å². The predicted octanol–water partition coefficient (Wildman–Crippen LogP) is 3.33. The van der Waals surface area contributed by atoms with E-state index in [0.29, 0.717) is 12.0 Å². The largest absolute Gasteiger partial charge is 0.504 e. The van der Waals surface area contributed by atoms with E-state index >= 15 is 0 Å². The van der Waals surface area contributed by atoms with E-state index in [1.807, 2.05) is 0 Å². The summed E-state index contributed by atoms with van der Waals surface area (Å²) < 4.78 is 5.46. The van der Waals surface area contributed by atoms with Crippen LogP contribution in [0.5, 0.6) is 11.5 Å².